The summed E-state index contributed by atoms with van der Waals surface area (Å²) in [6, 6.07) is 0. The fourth-order valence-electron chi connectivity index (χ4n) is 3.96. The van der Waals surface area contributed by atoms with Crippen LogP contribution in [0.2, 0.25) is 0 Å². The minimum Gasteiger partial charge on any atom is -0.430 e. The molecule has 0 radical (unpaired) electrons. The number of carbonyl (C=O) groups excluding carboxylic acids is 3. The Morgan fingerprint density at radius 1 is 0.811 bits per heavy atom. The van der Waals surface area contributed by atoms with Gasteiger partial charge in [0.2, 0.25) is 0 Å². The van der Waals surface area contributed by atoms with E-state index in [-0.39, 0.29) is 57.8 Å². The number of ether oxygens (including phenoxy) is 9. The molecule has 0 amide bonds. The van der Waals surface area contributed by atoms with Gasteiger partial charge in [0.05, 0.1) is 37.6 Å². The summed E-state index contributed by atoms with van der Waals surface area (Å²) in [7, 11) is 0. The van der Waals surface area contributed by atoms with Crippen molar-refractivity contribution in [2.45, 2.75) is 82.6 Å². The molecule has 0 aromatic rings. The highest BCUT2D eigenvalue weighted by Gasteiger charge is 2.35. The summed E-state index contributed by atoms with van der Waals surface area (Å²) in [5, 5.41) is 10.6. The van der Waals surface area contributed by atoms with Crippen molar-refractivity contribution in [2.75, 3.05) is 46.2 Å². The third-order valence-electron chi connectivity index (χ3n) is 6.35. The van der Waals surface area contributed by atoms with E-state index in [9.17, 15) is 19.5 Å². The molecule has 0 saturated carbocycles. The van der Waals surface area contributed by atoms with Gasteiger partial charge in [0.1, 0.15) is 38.1 Å². The van der Waals surface area contributed by atoms with E-state index in [4.69, 9.17) is 42.6 Å². The van der Waals surface area contributed by atoms with Crippen LogP contribution in [0, 0.1) is 5.92 Å². The zero-order valence-electron chi connectivity index (χ0n) is 21.8. The van der Waals surface area contributed by atoms with Gasteiger partial charge < -0.3 is 47.7 Å². The highest BCUT2D eigenvalue weighted by Crippen LogP contribution is 2.25. The summed E-state index contributed by atoms with van der Waals surface area (Å²) < 4.78 is 47.3. The zero-order chi connectivity index (χ0) is 27.1. The first-order valence-electron chi connectivity index (χ1n) is 12.5. The molecular weight excluding hydrogens is 496 g/mol. The first-order valence-corrected chi connectivity index (χ1v) is 12.5. The van der Waals surface area contributed by atoms with Crippen molar-refractivity contribution in [3.63, 3.8) is 0 Å². The number of carbonyl (C=O) groups is 3. The van der Waals surface area contributed by atoms with E-state index < -0.39 is 41.9 Å². The Kier molecular flexibility index (Phi) is 10.2. The van der Waals surface area contributed by atoms with Crippen LogP contribution in [-0.4, -0.2) is 105 Å². The van der Waals surface area contributed by atoms with Crippen molar-refractivity contribution >= 4 is 18.5 Å². The Bertz CT molecular complexity index is 783. The van der Waals surface area contributed by atoms with Crippen LogP contribution < -0.4 is 0 Å². The first kappa shape index (κ1) is 29.2. The quantitative estimate of drug-likeness (QED) is 0.228. The van der Waals surface area contributed by atoms with E-state index in [2.05, 4.69) is 0 Å². The van der Waals surface area contributed by atoms with Crippen LogP contribution in [0.15, 0.2) is 0 Å². The van der Waals surface area contributed by atoms with E-state index in [0.29, 0.717) is 25.9 Å². The Balaban J connectivity index is 1.45. The van der Waals surface area contributed by atoms with Crippen LogP contribution >= 0.6 is 0 Å². The molecule has 212 valence electrons. The highest BCUT2D eigenvalue weighted by atomic mass is 16.8. The van der Waals surface area contributed by atoms with Crippen LogP contribution in [0.4, 0.5) is 14.4 Å². The van der Waals surface area contributed by atoms with E-state index in [1.54, 1.807) is 13.8 Å². The van der Waals surface area contributed by atoms with Gasteiger partial charge in [0.25, 0.3) is 0 Å². The summed E-state index contributed by atoms with van der Waals surface area (Å²) in [5.41, 5.74) is -1.55. The Hall–Kier alpha value is -2.35. The van der Waals surface area contributed by atoms with Crippen LogP contribution in [0.3, 0.4) is 0 Å². The maximum absolute atomic E-state index is 11.2. The summed E-state index contributed by atoms with van der Waals surface area (Å²) in [6.45, 7) is 8.45. The second-order valence-electron chi connectivity index (χ2n) is 10.6. The molecular formula is C24H38O13. The van der Waals surface area contributed by atoms with Crippen molar-refractivity contribution in [3.05, 3.63) is 0 Å². The molecule has 0 aromatic heterocycles. The molecule has 1 N–H and O–H groups in total. The van der Waals surface area contributed by atoms with Crippen molar-refractivity contribution in [2.24, 2.45) is 5.92 Å². The van der Waals surface area contributed by atoms with Crippen molar-refractivity contribution in [1.29, 1.82) is 0 Å². The van der Waals surface area contributed by atoms with E-state index in [0.717, 1.165) is 0 Å². The van der Waals surface area contributed by atoms with Crippen molar-refractivity contribution in [1.82, 2.24) is 0 Å². The van der Waals surface area contributed by atoms with Crippen LogP contribution in [0.1, 0.15) is 47.0 Å². The van der Waals surface area contributed by atoms with Gasteiger partial charge in [-0.15, -0.1) is 0 Å². The molecule has 0 aliphatic carbocycles. The number of rotatable bonds is 16. The second kappa shape index (κ2) is 12.9. The van der Waals surface area contributed by atoms with Crippen molar-refractivity contribution in [3.8, 4) is 0 Å². The van der Waals surface area contributed by atoms with Gasteiger partial charge in [0.15, 0.2) is 6.10 Å². The third kappa shape index (κ3) is 9.80. The lowest BCUT2D eigenvalue weighted by atomic mass is 9.99. The Labute approximate surface area is 215 Å². The molecule has 0 aromatic carbocycles. The largest absolute Gasteiger partial charge is 0.508 e. The van der Waals surface area contributed by atoms with Crippen LogP contribution in [-0.2, 0) is 42.6 Å². The average molecular weight is 535 g/mol. The van der Waals surface area contributed by atoms with E-state index in [1.165, 1.54) is 0 Å². The minimum absolute atomic E-state index is 0.00470. The number of aliphatic hydroxyl groups is 1. The Morgan fingerprint density at radius 2 is 1.38 bits per heavy atom. The molecule has 0 spiro atoms. The lowest BCUT2D eigenvalue weighted by Crippen LogP contribution is -2.44. The van der Waals surface area contributed by atoms with E-state index >= 15 is 0 Å². The summed E-state index contributed by atoms with van der Waals surface area (Å²) in [4.78, 5) is 33.5. The lowest BCUT2D eigenvalue weighted by molar-refractivity contribution is -0.141. The molecule has 13 nitrogen and oxygen atoms in total. The molecule has 3 heterocycles. The average Bonchev–Trinajstić information content (AvgIpc) is 3.55. The van der Waals surface area contributed by atoms with Crippen LogP contribution in [0.25, 0.3) is 0 Å². The molecule has 3 saturated heterocycles. The first-order chi connectivity index (χ1) is 17.4. The summed E-state index contributed by atoms with van der Waals surface area (Å²) in [6.07, 6.45) is -2.60. The van der Waals surface area contributed by atoms with Crippen LogP contribution in [0.5, 0.6) is 0 Å². The molecule has 3 rings (SSSR count). The summed E-state index contributed by atoms with van der Waals surface area (Å²) in [5.74, 6) is -0.0766. The lowest BCUT2D eigenvalue weighted by Gasteiger charge is -2.32. The SMILES string of the molecule is CC(C)(CC1COC(=O)O1)OCC(CCC1COC(=O)O1)COCC(O)C(C)(C)OCC1COC(=O)O1. The zero-order valence-corrected chi connectivity index (χ0v) is 21.8. The highest BCUT2D eigenvalue weighted by molar-refractivity contribution is 5.62. The standard InChI is InChI=1S/C24H38O13/c1-23(2,7-17-11-31-21(27)36-17)33-9-15(5-6-16-10-30-20(26)35-16)8-29-14-19(25)24(3,4)34-13-18-12-32-22(28)37-18/h15-19,25H,5-14H2,1-4H3. The van der Waals surface area contributed by atoms with Gasteiger partial charge in [0, 0.05) is 12.3 Å². The van der Waals surface area contributed by atoms with E-state index in [1.807, 2.05) is 13.8 Å². The maximum Gasteiger partial charge on any atom is 0.508 e. The fraction of sp³-hybridized carbons (Fsp3) is 0.875. The maximum atomic E-state index is 11.2. The molecule has 13 heteroatoms. The number of cyclic esters (lactones) is 6. The monoisotopic (exact) mass is 534 g/mol. The third-order valence-corrected chi connectivity index (χ3v) is 6.35. The molecule has 37 heavy (non-hydrogen) atoms. The smallest absolute Gasteiger partial charge is 0.430 e. The predicted octanol–water partition coefficient (Wildman–Crippen LogP) is 2.35. The number of aliphatic hydroxyl groups excluding tert-OH is 1. The molecule has 5 atom stereocenters. The molecule has 3 aliphatic heterocycles. The van der Waals surface area contributed by atoms with Gasteiger partial charge in [-0.3, -0.25) is 0 Å². The van der Waals surface area contributed by atoms with Gasteiger partial charge in [-0.1, -0.05) is 0 Å². The molecule has 3 aliphatic rings. The van der Waals surface area contributed by atoms with Crippen molar-refractivity contribution < 1.29 is 62.1 Å². The summed E-state index contributed by atoms with van der Waals surface area (Å²) >= 11 is 0. The second-order valence-corrected chi connectivity index (χ2v) is 10.6. The van der Waals surface area contributed by atoms with Gasteiger partial charge >= 0.3 is 18.5 Å². The molecule has 5 unspecified atom stereocenters. The van der Waals surface area contributed by atoms with Gasteiger partial charge in [-0.05, 0) is 40.5 Å². The predicted molar refractivity (Wildman–Crippen MR) is 123 cm³/mol. The molecule has 3 fully saturated rings. The minimum atomic E-state index is -0.959. The number of hydrogen-bond donors (Lipinski definition) is 1. The Morgan fingerprint density at radius 3 is 1.95 bits per heavy atom. The molecule has 0 bridgehead atoms. The fourth-order valence-corrected chi connectivity index (χ4v) is 3.96. The van der Waals surface area contributed by atoms with Gasteiger partial charge in [-0.2, -0.15) is 0 Å². The topological polar surface area (TPSA) is 155 Å². The normalized spacial score (nSPS) is 25.5. The van der Waals surface area contributed by atoms with Gasteiger partial charge in [-0.25, -0.2) is 14.4 Å². The number of hydrogen-bond acceptors (Lipinski definition) is 13.